The molecule has 1 aromatic carbocycles. The first-order chi connectivity index (χ1) is 8.51. The number of hydrogen-bond donors (Lipinski definition) is 1. The molecule has 0 amide bonds. The van der Waals surface area contributed by atoms with E-state index in [2.05, 4.69) is 42.5 Å². The van der Waals surface area contributed by atoms with E-state index >= 15 is 0 Å². The second-order valence-electron chi connectivity index (χ2n) is 5.02. The van der Waals surface area contributed by atoms with Gasteiger partial charge in [0.25, 0.3) is 0 Å². The average molecular weight is 243 g/mol. The summed E-state index contributed by atoms with van der Waals surface area (Å²) in [6.07, 6.45) is 2.88. The zero-order valence-electron chi connectivity index (χ0n) is 11.6. The van der Waals surface area contributed by atoms with Crippen molar-refractivity contribution in [2.24, 2.45) is 12.8 Å². The summed E-state index contributed by atoms with van der Waals surface area (Å²) in [5.41, 5.74) is 11.9. The van der Waals surface area contributed by atoms with Gasteiger partial charge in [-0.15, -0.1) is 0 Å². The van der Waals surface area contributed by atoms with E-state index in [1.54, 1.807) is 0 Å². The summed E-state index contributed by atoms with van der Waals surface area (Å²) in [4.78, 5) is 4.57. The first-order valence-electron chi connectivity index (χ1n) is 6.29. The van der Waals surface area contributed by atoms with Crippen LogP contribution in [0.4, 0.5) is 0 Å². The van der Waals surface area contributed by atoms with E-state index in [0.717, 1.165) is 17.9 Å². The highest BCUT2D eigenvalue weighted by Crippen LogP contribution is 2.19. The van der Waals surface area contributed by atoms with Gasteiger partial charge in [0.2, 0.25) is 0 Å². The first kappa shape index (κ1) is 12.8. The molecule has 1 heterocycles. The first-order valence-corrected chi connectivity index (χ1v) is 6.29. The van der Waals surface area contributed by atoms with Crippen LogP contribution in [0.25, 0.3) is 0 Å². The molecule has 0 aliphatic rings. The van der Waals surface area contributed by atoms with E-state index < -0.39 is 0 Å². The van der Waals surface area contributed by atoms with Crippen molar-refractivity contribution in [2.75, 3.05) is 0 Å². The molecule has 3 nitrogen and oxygen atoms in total. The van der Waals surface area contributed by atoms with Crippen LogP contribution in [0.15, 0.2) is 18.3 Å². The minimum atomic E-state index is 0.500. The lowest BCUT2D eigenvalue weighted by Crippen LogP contribution is -2.03. The Morgan fingerprint density at radius 1 is 1.17 bits per heavy atom. The normalized spacial score (nSPS) is 10.9. The van der Waals surface area contributed by atoms with Crippen molar-refractivity contribution in [3.05, 3.63) is 52.1 Å². The molecule has 0 saturated heterocycles. The highest BCUT2D eigenvalue weighted by molar-refractivity contribution is 5.39. The average Bonchev–Trinajstić information content (AvgIpc) is 2.64. The van der Waals surface area contributed by atoms with Crippen molar-refractivity contribution >= 4 is 0 Å². The second-order valence-corrected chi connectivity index (χ2v) is 5.02. The SMILES string of the molecule is Cc1cc(C)c(Cc2nc(CN)cn2C)c(C)c1. The molecule has 0 radical (unpaired) electrons. The number of nitrogens with zero attached hydrogens (tertiary/aromatic N) is 2. The summed E-state index contributed by atoms with van der Waals surface area (Å²) < 4.78 is 2.07. The van der Waals surface area contributed by atoms with Gasteiger partial charge in [0.05, 0.1) is 5.69 Å². The summed E-state index contributed by atoms with van der Waals surface area (Å²) in [6, 6.07) is 4.46. The quantitative estimate of drug-likeness (QED) is 0.899. The number of aryl methyl sites for hydroxylation is 4. The second kappa shape index (κ2) is 4.94. The number of hydrogen-bond acceptors (Lipinski definition) is 2. The number of imidazole rings is 1. The molecule has 2 N–H and O–H groups in total. The Kier molecular flexibility index (Phi) is 3.53. The van der Waals surface area contributed by atoms with Gasteiger partial charge in [-0.1, -0.05) is 17.7 Å². The minimum Gasteiger partial charge on any atom is -0.337 e. The zero-order chi connectivity index (χ0) is 13.3. The van der Waals surface area contributed by atoms with Gasteiger partial charge < -0.3 is 10.3 Å². The van der Waals surface area contributed by atoms with Crippen LogP contribution in [0.5, 0.6) is 0 Å². The standard InChI is InChI=1S/C15H21N3/c1-10-5-11(2)14(12(3)6-10)7-15-17-13(8-16)9-18(15)4/h5-6,9H,7-8,16H2,1-4H3. The third-order valence-corrected chi connectivity index (χ3v) is 3.41. The maximum atomic E-state index is 5.63. The van der Waals surface area contributed by atoms with Crippen LogP contribution in [0, 0.1) is 20.8 Å². The molecule has 2 aromatic rings. The molecule has 0 spiro atoms. The lowest BCUT2D eigenvalue weighted by molar-refractivity contribution is 0.817. The molecule has 1 aromatic heterocycles. The van der Waals surface area contributed by atoms with Gasteiger partial charge in [-0.25, -0.2) is 4.98 Å². The highest BCUT2D eigenvalue weighted by Gasteiger charge is 2.09. The number of nitrogens with two attached hydrogens (primary N) is 1. The fraction of sp³-hybridized carbons (Fsp3) is 0.400. The Hall–Kier alpha value is -1.61. The number of rotatable bonds is 3. The molecule has 96 valence electrons. The lowest BCUT2D eigenvalue weighted by atomic mass is 9.97. The molecule has 0 fully saturated rings. The maximum absolute atomic E-state index is 5.63. The van der Waals surface area contributed by atoms with E-state index in [-0.39, 0.29) is 0 Å². The van der Waals surface area contributed by atoms with E-state index in [1.807, 2.05) is 13.2 Å². The van der Waals surface area contributed by atoms with Crippen LogP contribution in [0.1, 0.15) is 33.8 Å². The Labute approximate surface area is 109 Å². The van der Waals surface area contributed by atoms with Crippen molar-refractivity contribution in [3.8, 4) is 0 Å². The zero-order valence-corrected chi connectivity index (χ0v) is 11.6. The summed E-state index contributed by atoms with van der Waals surface area (Å²) in [5.74, 6) is 1.07. The molecule has 2 rings (SSSR count). The van der Waals surface area contributed by atoms with Crippen LogP contribution in [-0.4, -0.2) is 9.55 Å². The van der Waals surface area contributed by atoms with Crippen LogP contribution in [0.2, 0.25) is 0 Å². The lowest BCUT2D eigenvalue weighted by Gasteiger charge is -2.11. The van der Waals surface area contributed by atoms with Gasteiger partial charge in [0.1, 0.15) is 5.82 Å². The highest BCUT2D eigenvalue weighted by atomic mass is 15.0. The molecular formula is C15H21N3. The van der Waals surface area contributed by atoms with Crippen molar-refractivity contribution in [1.29, 1.82) is 0 Å². The number of benzene rings is 1. The van der Waals surface area contributed by atoms with Gasteiger partial charge >= 0.3 is 0 Å². The monoisotopic (exact) mass is 243 g/mol. The molecule has 0 unspecified atom stereocenters. The predicted molar refractivity (Wildman–Crippen MR) is 74.6 cm³/mol. The van der Waals surface area contributed by atoms with Crippen molar-refractivity contribution in [2.45, 2.75) is 33.7 Å². The third kappa shape index (κ3) is 2.46. The smallest absolute Gasteiger partial charge is 0.113 e. The minimum absolute atomic E-state index is 0.500. The third-order valence-electron chi connectivity index (χ3n) is 3.41. The van der Waals surface area contributed by atoms with E-state index in [4.69, 9.17) is 5.73 Å². The fourth-order valence-electron chi connectivity index (χ4n) is 2.48. The van der Waals surface area contributed by atoms with Gasteiger partial charge in [0, 0.05) is 26.2 Å². The molecule has 0 saturated carbocycles. The van der Waals surface area contributed by atoms with Gasteiger partial charge in [-0.2, -0.15) is 0 Å². The van der Waals surface area contributed by atoms with Gasteiger partial charge in [0.15, 0.2) is 0 Å². The largest absolute Gasteiger partial charge is 0.337 e. The van der Waals surface area contributed by atoms with Crippen molar-refractivity contribution in [1.82, 2.24) is 9.55 Å². The molecule has 0 aliphatic carbocycles. The number of aromatic nitrogens is 2. The van der Waals surface area contributed by atoms with Crippen molar-refractivity contribution < 1.29 is 0 Å². The van der Waals surface area contributed by atoms with E-state index in [9.17, 15) is 0 Å². The summed E-state index contributed by atoms with van der Waals surface area (Å²) in [6.45, 7) is 6.97. The summed E-state index contributed by atoms with van der Waals surface area (Å²) in [5, 5.41) is 0. The topological polar surface area (TPSA) is 43.8 Å². The van der Waals surface area contributed by atoms with Crippen LogP contribution in [0.3, 0.4) is 0 Å². The van der Waals surface area contributed by atoms with Crippen LogP contribution < -0.4 is 5.73 Å². The molecule has 0 aliphatic heterocycles. The molecule has 18 heavy (non-hydrogen) atoms. The summed E-state index contributed by atoms with van der Waals surface area (Å²) >= 11 is 0. The fourth-order valence-corrected chi connectivity index (χ4v) is 2.48. The Morgan fingerprint density at radius 2 is 1.78 bits per heavy atom. The van der Waals surface area contributed by atoms with E-state index in [1.165, 1.54) is 22.3 Å². The maximum Gasteiger partial charge on any atom is 0.113 e. The Balaban J connectivity index is 2.36. The Morgan fingerprint density at radius 3 is 2.28 bits per heavy atom. The van der Waals surface area contributed by atoms with Crippen LogP contribution >= 0.6 is 0 Å². The summed E-state index contributed by atoms with van der Waals surface area (Å²) in [7, 11) is 2.03. The molecule has 3 heteroatoms. The van der Waals surface area contributed by atoms with Gasteiger partial charge in [-0.05, 0) is 37.5 Å². The molecule has 0 atom stereocenters. The Bertz CT molecular complexity index is 544. The van der Waals surface area contributed by atoms with Gasteiger partial charge in [-0.3, -0.25) is 0 Å². The predicted octanol–water partition coefficient (Wildman–Crippen LogP) is 2.39. The molecular weight excluding hydrogens is 222 g/mol. The van der Waals surface area contributed by atoms with Crippen LogP contribution in [-0.2, 0) is 20.0 Å². The van der Waals surface area contributed by atoms with Crippen molar-refractivity contribution in [3.63, 3.8) is 0 Å². The molecule has 0 bridgehead atoms. The van der Waals surface area contributed by atoms with E-state index in [0.29, 0.717) is 6.54 Å².